The third-order valence-corrected chi connectivity index (χ3v) is 5.02. The van der Waals surface area contributed by atoms with Gasteiger partial charge in [-0.15, -0.1) is 0 Å². The number of likely N-dealkylation sites (tertiary alicyclic amines) is 1. The molecule has 0 bridgehead atoms. The number of aryl methyl sites for hydroxylation is 1. The predicted molar refractivity (Wildman–Crippen MR) is 97.6 cm³/mol. The second kappa shape index (κ2) is 7.52. The molecule has 3 rings (SSSR count). The molecule has 25 heavy (non-hydrogen) atoms. The third-order valence-electron chi connectivity index (χ3n) is 3.96. The SMILES string of the molecule is COc1ccccc1NC(=O)Nc1nc(C)c(C(=O)N2CCCC2)s1. The monoisotopic (exact) mass is 360 g/mol. The maximum Gasteiger partial charge on any atom is 0.325 e. The minimum Gasteiger partial charge on any atom is -0.495 e. The van der Waals surface area contributed by atoms with Crippen molar-refractivity contribution in [3.63, 3.8) is 0 Å². The van der Waals surface area contributed by atoms with E-state index >= 15 is 0 Å². The van der Waals surface area contributed by atoms with Gasteiger partial charge in [-0.25, -0.2) is 9.78 Å². The highest BCUT2D eigenvalue weighted by atomic mass is 32.1. The third kappa shape index (κ3) is 3.90. The second-order valence-corrected chi connectivity index (χ2v) is 6.71. The Morgan fingerprint density at radius 3 is 2.64 bits per heavy atom. The number of thiazole rings is 1. The van der Waals surface area contributed by atoms with Crippen molar-refractivity contribution in [2.24, 2.45) is 0 Å². The normalized spacial score (nSPS) is 13.6. The van der Waals surface area contributed by atoms with Crippen LogP contribution >= 0.6 is 11.3 Å². The number of hydrogen-bond donors (Lipinski definition) is 2. The summed E-state index contributed by atoms with van der Waals surface area (Å²) < 4.78 is 5.20. The number of anilines is 2. The van der Waals surface area contributed by atoms with Crippen LogP contribution in [0, 0.1) is 6.92 Å². The number of nitrogens with one attached hydrogen (secondary N) is 2. The van der Waals surface area contributed by atoms with Crippen LogP contribution in [-0.2, 0) is 0 Å². The van der Waals surface area contributed by atoms with E-state index in [-0.39, 0.29) is 5.91 Å². The van der Waals surface area contributed by atoms with Crippen LogP contribution in [0.15, 0.2) is 24.3 Å². The lowest BCUT2D eigenvalue weighted by molar-refractivity contribution is 0.0796. The first-order valence-electron chi connectivity index (χ1n) is 8.06. The van der Waals surface area contributed by atoms with E-state index < -0.39 is 6.03 Å². The largest absolute Gasteiger partial charge is 0.495 e. The molecule has 2 N–H and O–H groups in total. The summed E-state index contributed by atoms with van der Waals surface area (Å²) in [5, 5.41) is 5.79. The lowest BCUT2D eigenvalue weighted by atomic mass is 10.3. The Kier molecular flexibility index (Phi) is 5.18. The Hall–Kier alpha value is -2.61. The van der Waals surface area contributed by atoms with Gasteiger partial charge in [0.05, 0.1) is 18.5 Å². The summed E-state index contributed by atoms with van der Waals surface area (Å²) in [7, 11) is 1.54. The molecule has 132 valence electrons. The van der Waals surface area contributed by atoms with Crippen LogP contribution in [0.5, 0.6) is 5.75 Å². The molecular weight excluding hydrogens is 340 g/mol. The van der Waals surface area contributed by atoms with Crippen molar-refractivity contribution in [1.29, 1.82) is 0 Å². The molecule has 0 spiro atoms. The number of aromatic nitrogens is 1. The average Bonchev–Trinajstić information content (AvgIpc) is 3.24. The van der Waals surface area contributed by atoms with Gasteiger partial charge in [-0.05, 0) is 31.9 Å². The Labute approximate surface area is 150 Å². The summed E-state index contributed by atoms with van der Waals surface area (Å²) in [6.07, 6.45) is 2.08. The fourth-order valence-electron chi connectivity index (χ4n) is 2.71. The Morgan fingerprint density at radius 2 is 1.92 bits per heavy atom. The van der Waals surface area contributed by atoms with Gasteiger partial charge in [0.2, 0.25) is 0 Å². The first-order valence-corrected chi connectivity index (χ1v) is 8.88. The van der Waals surface area contributed by atoms with Crippen LogP contribution in [0.2, 0.25) is 0 Å². The topological polar surface area (TPSA) is 83.6 Å². The molecule has 2 aromatic rings. The molecule has 1 aromatic heterocycles. The van der Waals surface area contributed by atoms with E-state index in [1.165, 1.54) is 11.3 Å². The number of urea groups is 1. The predicted octanol–water partition coefficient (Wildman–Crippen LogP) is 3.34. The molecule has 1 aliphatic rings. The number of rotatable bonds is 4. The van der Waals surface area contributed by atoms with Crippen LogP contribution in [-0.4, -0.2) is 42.0 Å². The smallest absolute Gasteiger partial charge is 0.325 e. The molecule has 0 radical (unpaired) electrons. The van der Waals surface area contributed by atoms with E-state index in [1.807, 2.05) is 11.0 Å². The number of ether oxygens (including phenoxy) is 1. The van der Waals surface area contributed by atoms with E-state index in [0.717, 1.165) is 25.9 Å². The van der Waals surface area contributed by atoms with E-state index in [9.17, 15) is 9.59 Å². The van der Waals surface area contributed by atoms with E-state index in [4.69, 9.17) is 4.74 Å². The number of carbonyl (C=O) groups is 2. The minimum atomic E-state index is -0.432. The van der Waals surface area contributed by atoms with Gasteiger partial charge < -0.3 is 15.0 Å². The highest BCUT2D eigenvalue weighted by Crippen LogP contribution is 2.27. The van der Waals surface area contributed by atoms with Crippen LogP contribution < -0.4 is 15.4 Å². The van der Waals surface area contributed by atoms with Gasteiger partial charge in [-0.1, -0.05) is 23.5 Å². The molecule has 3 amide bonds. The fraction of sp³-hybridized carbons (Fsp3) is 0.353. The van der Waals surface area contributed by atoms with Crippen molar-refractivity contribution in [2.45, 2.75) is 19.8 Å². The highest BCUT2D eigenvalue weighted by molar-refractivity contribution is 7.17. The quantitative estimate of drug-likeness (QED) is 0.876. The van der Waals surface area contributed by atoms with Crippen molar-refractivity contribution in [3.8, 4) is 5.75 Å². The number of hydrogen-bond acceptors (Lipinski definition) is 5. The lowest BCUT2D eigenvalue weighted by Gasteiger charge is -2.13. The summed E-state index contributed by atoms with van der Waals surface area (Å²) in [5.41, 5.74) is 1.19. The molecule has 0 atom stereocenters. The molecule has 0 saturated carbocycles. The number of benzene rings is 1. The Balaban J connectivity index is 1.67. The van der Waals surface area contributed by atoms with Crippen LogP contribution in [0.3, 0.4) is 0 Å². The number of carbonyl (C=O) groups excluding carboxylic acids is 2. The molecule has 7 nitrogen and oxygen atoms in total. The lowest BCUT2D eigenvalue weighted by Crippen LogP contribution is -2.27. The number of amides is 3. The summed E-state index contributed by atoms with van der Waals surface area (Å²) in [5.74, 6) is 0.559. The van der Waals surface area contributed by atoms with Crippen LogP contribution in [0.1, 0.15) is 28.2 Å². The number of methoxy groups -OCH3 is 1. The zero-order valence-corrected chi connectivity index (χ0v) is 15.0. The zero-order chi connectivity index (χ0) is 17.8. The molecular formula is C17H20N4O3S. The number of nitrogens with zero attached hydrogens (tertiary/aromatic N) is 2. The maximum absolute atomic E-state index is 12.5. The molecule has 1 saturated heterocycles. The molecule has 8 heteroatoms. The molecule has 0 aliphatic carbocycles. The Morgan fingerprint density at radius 1 is 1.20 bits per heavy atom. The molecule has 0 unspecified atom stereocenters. The van der Waals surface area contributed by atoms with Gasteiger partial charge in [-0.2, -0.15) is 0 Å². The first kappa shape index (κ1) is 17.2. The van der Waals surface area contributed by atoms with Gasteiger partial charge in [0.25, 0.3) is 5.91 Å². The number of para-hydroxylation sites is 2. The van der Waals surface area contributed by atoms with Crippen LogP contribution in [0.25, 0.3) is 0 Å². The van der Waals surface area contributed by atoms with Crippen molar-refractivity contribution >= 4 is 34.1 Å². The van der Waals surface area contributed by atoms with Crippen molar-refractivity contribution in [1.82, 2.24) is 9.88 Å². The van der Waals surface area contributed by atoms with E-state index in [1.54, 1.807) is 32.2 Å². The maximum atomic E-state index is 12.5. The summed E-state index contributed by atoms with van der Waals surface area (Å²) in [6, 6.07) is 6.70. The minimum absolute atomic E-state index is 0.00862. The van der Waals surface area contributed by atoms with Crippen LogP contribution in [0.4, 0.5) is 15.6 Å². The average molecular weight is 360 g/mol. The molecule has 1 aromatic carbocycles. The van der Waals surface area contributed by atoms with Gasteiger partial charge in [-0.3, -0.25) is 10.1 Å². The van der Waals surface area contributed by atoms with E-state index in [2.05, 4.69) is 15.6 Å². The fourth-order valence-corrected chi connectivity index (χ4v) is 3.64. The second-order valence-electron chi connectivity index (χ2n) is 5.71. The standard InChI is InChI=1S/C17H20N4O3S/c1-11-14(15(22)21-9-5-6-10-21)25-17(18-11)20-16(23)19-12-7-3-4-8-13(12)24-2/h3-4,7-8H,5-6,9-10H2,1-2H3,(H2,18,19,20,23). The summed E-state index contributed by atoms with van der Waals surface area (Å²) in [4.78, 5) is 31.4. The summed E-state index contributed by atoms with van der Waals surface area (Å²) >= 11 is 1.20. The van der Waals surface area contributed by atoms with Gasteiger partial charge >= 0.3 is 6.03 Å². The Bertz CT molecular complexity index is 784. The van der Waals surface area contributed by atoms with Gasteiger partial charge in [0.1, 0.15) is 10.6 Å². The van der Waals surface area contributed by atoms with Gasteiger partial charge in [0, 0.05) is 13.1 Å². The zero-order valence-electron chi connectivity index (χ0n) is 14.2. The van der Waals surface area contributed by atoms with Crippen molar-refractivity contribution < 1.29 is 14.3 Å². The first-order chi connectivity index (χ1) is 12.1. The highest BCUT2D eigenvalue weighted by Gasteiger charge is 2.24. The van der Waals surface area contributed by atoms with Gasteiger partial charge in [0.15, 0.2) is 5.13 Å². The van der Waals surface area contributed by atoms with Crippen molar-refractivity contribution in [3.05, 3.63) is 34.8 Å². The van der Waals surface area contributed by atoms with E-state index in [0.29, 0.717) is 27.1 Å². The molecule has 2 heterocycles. The summed E-state index contributed by atoms with van der Waals surface area (Å²) in [6.45, 7) is 3.35. The molecule has 1 aliphatic heterocycles. The van der Waals surface area contributed by atoms with Crippen molar-refractivity contribution in [2.75, 3.05) is 30.8 Å². The molecule has 1 fully saturated rings.